The van der Waals surface area contributed by atoms with Gasteiger partial charge in [0.25, 0.3) is 0 Å². The van der Waals surface area contributed by atoms with Gasteiger partial charge in [0.15, 0.2) is 0 Å². The van der Waals surface area contributed by atoms with E-state index < -0.39 is 6.10 Å². The van der Waals surface area contributed by atoms with Crippen molar-refractivity contribution in [2.24, 2.45) is 5.92 Å². The molecule has 0 saturated heterocycles. The van der Waals surface area contributed by atoms with E-state index in [1.54, 1.807) is 0 Å². The second kappa shape index (κ2) is 8.89. The number of aliphatic hydroxyl groups excluding tert-OH is 1. The molecule has 2 rings (SSSR count). The Kier molecular flexibility index (Phi) is 7.17. The molecule has 0 bridgehead atoms. The van der Waals surface area contributed by atoms with E-state index in [0.717, 1.165) is 18.9 Å². The molecule has 120 valence electrons. The summed E-state index contributed by atoms with van der Waals surface area (Å²) in [5, 5.41) is 15.7. The molecule has 21 heavy (non-hydrogen) atoms. The summed E-state index contributed by atoms with van der Waals surface area (Å²) >= 11 is 1.86. The van der Waals surface area contributed by atoms with Gasteiger partial charge in [0.05, 0.1) is 12.7 Å². The Morgan fingerprint density at radius 1 is 1.48 bits per heavy atom. The highest BCUT2D eigenvalue weighted by molar-refractivity contribution is 7.10. The van der Waals surface area contributed by atoms with E-state index in [-0.39, 0.29) is 0 Å². The normalized spacial score (nSPS) is 19.7. The molecule has 0 aromatic carbocycles. The van der Waals surface area contributed by atoms with Crippen LogP contribution in [0.4, 0.5) is 0 Å². The second-order valence-corrected chi connectivity index (χ2v) is 7.42. The Balaban J connectivity index is 1.60. The molecule has 1 heterocycles. The van der Waals surface area contributed by atoms with Gasteiger partial charge in [-0.25, -0.2) is 0 Å². The highest BCUT2D eigenvalue weighted by Crippen LogP contribution is 2.33. The van der Waals surface area contributed by atoms with Crippen molar-refractivity contribution in [3.05, 3.63) is 21.9 Å². The van der Waals surface area contributed by atoms with E-state index in [4.69, 9.17) is 4.74 Å². The molecular formula is C17H29NO2S. The lowest BCUT2D eigenvalue weighted by Crippen LogP contribution is -2.34. The lowest BCUT2D eigenvalue weighted by Gasteiger charge is -2.25. The lowest BCUT2D eigenvalue weighted by molar-refractivity contribution is 0.0332. The molecular weight excluding hydrogens is 282 g/mol. The molecule has 1 aromatic rings. The molecule has 0 amide bonds. The van der Waals surface area contributed by atoms with Gasteiger partial charge < -0.3 is 15.2 Å². The molecule has 0 aliphatic heterocycles. The van der Waals surface area contributed by atoms with Gasteiger partial charge in [-0.1, -0.05) is 13.8 Å². The van der Waals surface area contributed by atoms with Gasteiger partial charge in [0, 0.05) is 24.1 Å². The number of hydrogen-bond acceptors (Lipinski definition) is 4. The van der Waals surface area contributed by atoms with Crippen LogP contribution in [0.25, 0.3) is 0 Å². The molecule has 0 radical (unpaired) electrons. The maximum absolute atomic E-state index is 10.0. The maximum Gasteiger partial charge on any atom is 0.0897 e. The van der Waals surface area contributed by atoms with Gasteiger partial charge >= 0.3 is 0 Å². The zero-order valence-corrected chi connectivity index (χ0v) is 14.1. The Hall–Kier alpha value is -0.420. The van der Waals surface area contributed by atoms with E-state index in [2.05, 4.69) is 30.6 Å². The van der Waals surface area contributed by atoms with Crippen LogP contribution in [0.5, 0.6) is 0 Å². The Labute approximate surface area is 132 Å². The number of thiophene rings is 1. The predicted octanol–water partition coefficient (Wildman–Crippen LogP) is 3.53. The minimum atomic E-state index is -0.409. The molecule has 3 nitrogen and oxygen atoms in total. The topological polar surface area (TPSA) is 41.5 Å². The van der Waals surface area contributed by atoms with E-state index in [0.29, 0.717) is 19.2 Å². The van der Waals surface area contributed by atoms with Crippen LogP contribution in [0.2, 0.25) is 0 Å². The van der Waals surface area contributed by atoms with Crippen molar-refractivity contribution in [3.63, 3.8) is 0 Å². The van der Waals surface area contributed by atoms with E-state index in [1.807, 2.05) is 11.3 Å². The fourth-order valence-electron chi connectivity index (χ4n) is 2.85. The summed E-state index contributed by atoms with van der Waals surface area (Å²) in [5.74, 6) is 0.728. The smallest absolute Gasteiger partial charge is 0.0897 e. The van der Waals surface area contributed by atoms with Gasteiger partial charge in [-0.15, -0.1) is 11.3 Å². The highest BCUT2D eigenvalue weighted by Gasteiger charge is 2.21. The third kappa shape index (κ3) is 5.70. The van der Waals surface area contributed by atoms with Crippen LogP contribution in [0, 0.1) is 5.92 Å². The standard InChI is InChI=1S/C17H29NO2S/c1-13(2)5-4-9-20-12-14(19)11-18-16-6-3-7-17-15(16)8-10-21-17/h8,10,13-14,16,18-19H,3-7,9,11-12H2,1-2H3. The van der Waals surface area contributed by atoms with Crippen LogP contribution in [0.15, 0.2) is 11.4 Å². The van der Waals surface area contributed by atoms with Crippen LogP contribution >= 0.6 is 11.3 Å². The van der Waals surface area contributed by atoms with E-state index >= 15 is 0 Å². The molecule has 0 fully saturated rings. The van der Waals surface area contributed by atoms with Crippen molar-refractivity contribution < 1.29 is 9.84 Å². The van der Waals surface area contributed by atoms with E-state index in [9.17, 15) is 5.11 Å². The van der Waals surface area contributed by atoms with Crippen LogP contribution in [0.1, 0.15) is 56.0 Å². The first kappa shape index (κ1) is 16.9. The van der Waals surface area contributed by atoms with Crippen molar-refractivity contribution in [1.82, 2.24) is 5.32 Å². The van der Waals surface area contributed by atoms with Crippen molar-refractivity contribution in [3.8, 4) is 0 Å². The lowest BCUT2D eigenvalue weighted by atomic mass is 9.94. The number of aliphatic hydroxyl groups is 1. The van der Waals surface area contributed by atoms with Crippen molar-refractivity contribution in [1.29, 1.82) is 0 Å². The molecule has 0 saturated carbocycles. The average molecular weight is 311 g/mol. The van der Waals surface area contributed by atoms with Crippen LogP contribution in [-0.4, -0.2) is 31.0 Å². The minimum absolute atomic E-state index is 0.409. The molecule has 4 heteroatoms. The molecule has 1 aliphatic carbocycles. The summed E-state index contributed by atoms with van der Waals surface area (Å²) in [6, 6.07) is 2.64. The van der Waals surface area contributed by atoms with Gasteiger partial charge in [-0.05, 0) is 55.0 Å². The third-order valence-electron chi connectivity index (χ3n) is 4.03. The fourth-order valence-corrected chi connectivity index (χ4v) is 3.84. The number of fused-ring (bicyclic) bond motifs is 1. The van der Waals surface area contributed by atoms with Crippen molar-refractivity contribution in [2.45, 2.75) is 58.1 Å². The molecule has 0 spiro atoms. The largest absolute Gasteiger partial charge is 0.389 e. The van der Waals surface area contributed by atoms with Gasteiger partial charge in [-0.3, -0.25) is 0 Å². The average Bonchev–Trinajstić information content (AvgIpc) is 2.93. The quantitative estimate of drug-likeness (QED) is 0.686. The molecule has 1 aromatic heterocycles. The Morgan fingerprint density at radius 2 is 2.33 bits per heavy atom. The summed E-state index contributed by atoms with van der Waals surface area (Å²) < 4.78 is 5.55. The van der Waals surface area contributed by atoms with Gasteiger partial charge in [0.2, 0.25) is 0 Å². The predicted molar refractivity (Wildman–Crippen MR) is 88.9 cm³/mol. The monoisotopic (exact) mass is 311 g/mol. The summed E-state index contributed by atoms with van der Waals surface area (Å²) in [5.41, 5.74) is 1.44. The van der Waals surface area contributed by atoms with Crippen LogP contribution in [0.3, 0.4) is 0 Å². The number of rotatable bonds is 9. The number of hydrogen-bond donors (Lipinski definition) is 2. The summed E-state index contributed by atoms with van der Waals surface area (Å²) in [6.07, 6.45) is 5.49. The molecule has 1 aliphatic rings. The number of aryl methyl sites for hydroxylation is 1. The first-order chi connectivity index (χ1) is 10.2. The zero-order chi connectivity index (χ0) is 15.1. The fraction of sp³-hybridized carbons (Fsp3) is 0.765. The first-order valence-corrected chi connectivity index (χ1v) is 9.10. The summed E-state index contributed by atoms with van der Waals surface area (Å²) in [7, 11) is 0. The molecule has 2 atom stereocenters. The minimum Gasteiger partial charge on any atom is -0.389 e. The van der Waals surface area contributed by atoms with Gasteiger partial charge in [-0.2, -0.15) is 0 Å². The van der Waals surface area contributed by atoms with Crippen molar-refractivity contribution >= 4 is 11.3 Å². The van der Waals surface area contributed by atoms with Crippen LogP contribution in [-0.2, 0) is 11.2 Å². The maximum atomic E-state index is 10.0. The summed E-state index contributed by atoms with van der Waals surface area (Å²) in [4.78, 5) is 1.51. The molecule has 2 unspecified atom stereocenters. The zero-order valence-electron chi connectivity index (χ0n) is 13.3. The second-order valence-electron chi connectivity index (χ2n) is 6.42. The number of nitrogens with one attached hydrogen (secondary N) is 1. The third-order valence-corrected chi connectivity index (χ3v) is 5.03. The first-order valence-electron chi connectivity index (χ1n) is 8.22. The highest BCUT2D eigenvalue weighted by atomic mass is 32.1. The van der Waals surface area contributed by atoms with Crippen molar-refractivity contribution in [2.75, 3.05) is 19.8 Å². The van der Waals surface area contributed by atoms with Gasteiger partial charge in [0.1, 0.15) is 0 Å². The van der Waals surface area contributed by atoms with Crippen LogP contribution < -0.4 is 5.32 Å². The number of ether oxygens (including phenoxy) is 1. The molecule has 2 N–H and O–H groups in total. The Morgan fingerprint density at radius 3 is 3.14 bits per heavy atom. The van der Waals surface area contributed by atoms with E-state index in [1.165, 1.54) is 36.1 Å². The summed E-state index contributed by atoms with van der Waals surface area (Å²) in [6.45, 7) is 6.26. The SMILES string of the molecule is CC(C)CCCOCC(O)CNC1CCCc2sccc21. The Bertz CT molecular complexity index is 405.